The van der Waals surface area contributed by atoms with Crippen LogP contribution >= 0.6 is 11.8 Å². The zero-order valence-electron chi connectivity index (χ0n) is 11.7. The molecular weight excluding hydrogens is 272 g/mol. The van der Waals surface area contributed by atoms with Gasteiger partial charge in [0.05, 0.1) is 5.92 Å². The summed E-state index contributed by atoms with van der Waals surface area (Å²) in [6.45, 7) is 2.09. The molecule has 1 aromatic carbocycles. The normalized spacial score (nSPS) is 22.4. The second-order valence-corrected chi connectivity index (χ2v) is 6.49. The molecule has 1 fully saturated rings. The average Bonchev–Trinajstić information content (AvgIpc) is 2.47. The maximum absolute atomic E-state index is 12.5. The third-order valence-electron chi connectivity index (χ3n) is 3.87. The molecule has 1 N–H and O–H groups in total. The van der Waals surface area contributed by atoms with Crippen LogP contribution in [0.15, 0.2) is 29.2 Å². The van der Waals surface area contributed by atoms with E-state index in [-0.39, 0.29) is 11.7 Å². The van der Waals surface area contributed by atoms with E-state index in [2.05, 4.69) is 6.92 Å². The Balaban J connectivity index is 2.14. The van der Waals surface area contributed by atoms with E-state index in [4.69, 9.17) is 0 Å². The summed E-state index contributed by atoms with van der Waals surface area (Å²) in [5.41, 5.74) is 0.642. The van der Waals surface area contributed by atoms with Crippen LogP contribution in [0.5, 0.6) is 0 Å². The standard InChI is InChI=1S/C16H20O3S/c1-2-20-12-9-7-11(8-10-12)15(17)13-5-3-4-6-14(13)16(18)19/h7-10,13-14H,2-6H2,1H3,(H,18,19). The predicted molar refractivity (Wildman–Crippen MR) is 80.3 cm³/mol. The minimum Gasteiger partial charge on any atom is -0.481 e. The lowest BCUT2D eigenvalue weighted by Crippen LogP contribution is -2.32. The molecule has 2 unspecified atom stereocenters. The number of rotatable bonds is 5. The molecule has 0 radical (unpaired) electrons. The van der Waals surface area contributed by atoms with Gasteiger partial charge in [0.2, 0.25) is 0 Å². The van der Waals surface area contributed by atoms with E-state index in [1.54, 1.807) is 11.8 Å². The van der Waals surface area contributed by atoms with Gasteiger partial charge in [0.25, 0.3) is 0 Å². The molecule has 2 rings (SSSR count). The van der Waals surface area contributed by atoms with Gasteiger partial charge in [0, 0.05) is 16.4 Å². The van der Waals surface area contributed by atoms with E-state index in [9.17, 15) is 14.7 Å². The Kier molecular flexibility index (Phi) is 5.24. The third kappa shape index (κ3) is 3.42. The molecule has 4 heteroatoms. The Morgan fingerprint density at radius 3 is 2.30 bits per heavy atom. The minimum absolute atomic E-state index is 0.00912. The van der Waals surface area contributed by atoms with E-state index < -0.39 is 11.9 Å². The van der Waals surface area contributed by atoms with Crippen LogP contribution < -0.4 is 0 Å². The van der Waals surface area contributed by atoms with Gasteiger partial charge in [0.1, 0.15) is 0 Å². The lowest BCUT2D eigenvalue weighted by Gasteiger charge is -2.27. The molecule has 1 aromatic rings. The first-order valence-electron chi connectivity index (χ1n) is 7.13. The second-order valence-electron chi connectivity index (χ2n) is 5.16. The maximum atomic E-state index is 12.5. The Morgan fingerprint density at radius 1 is 1.15 bits per heavy atom. The highest BCUT2D eigenvalue weighted by atomic mass is 32.2. The fraction of sp³-hybridized carbons (Fsp3) is 0.500. The van der Waals surface area contributed by atoms with Crippen LogP contribution in [-0.4, -0.2) is 22.6 Å². The van der Waals surface area contributed by atoms with E-state index in [1.807, 2.05) is 24.3 Å². The van der Waals surface area contributed by atoms with Crippen molar-refractivity contribution in [2.75, 3.05) is 5.75 Å². The fourth-order valence-corrected chi connectivity index (χ4v) is 3.50. The van der Waals surface area contributed by atoms with Gasteiger partial charge in [-0.3, -0.25) is 9.59 Å². The van der Waals surface area contributed by atoms with Gasteiger partial charge < -0.3 is 5.11 Å². The van der Waals surface area contributed by atoms with Crippen molar-refractivity contribution in [1.82, 2.24) is 0 Å². The molecule has 1 aliphatic carbocycles. The molecule has 0 spiro atoms. The molecule has 0 aliphatic heterocycles. The molecule has 0 saturated heterocycles. The Labute approximate surface area is 123 Å². The smallest absolute Gasteiger partial charge is 0.307 e. The monoisotopic (exact) mass is 292 g/mol. The van der Waals surface area contributed by atoms with Crippen LogP contribution in [0.1, 0.15) is 43.0 Å². The number of carboxylic acids is 1. The van der Waals surface area contributed by atoms with Crippen molar-refractivity contribution in [2.24, 2.45) is 11.8 Å². The molecule has 0 heterocycles. The number of benzene rings is 1. The average molecular weight is 292 g/mol. The molecule has 1 aliphatic rings. The van der Waals surface area contributed by atoms with Crippen molar-refractivity contribution in [1.29, 1.82) is 0 Å². The fourth-order valence-electron chi connectivity index (χ4n) is 2.84. The SMILES string of the molecule is CCSc1ccc(C(=O)C2CCCCC2C(=O)O)cc1. The third-order valence-corrected chi connectivity index (χ3v) is 4.76. The molecule has 2 atom stereocenters. The number of aliphatic carboxylic acids is 1. The largest absolute Gasteiger partial charge is 0.481 e. The summed E-state index contributed by atoms with van der Waals surface area (Å²) < 4.78 is 0. The zero-order valence-corrected chi connectivity index (χ0v) is 12.5. The topological polar surface area (TPSA) is 54.4 Å². The first-order valence-corrected chi connectivity index (χ1v) is 8.12. The zero-order chi connectivity index (χ0) is 14.5. The van der Waals surface area contributed by atoms with Crippen molar-refractivity contribution in [2.45, 2.75) is 37.5 Å². The molecule has 3 nitrogen and oxygen atoms in total. The second kappa shape index (κ2) is 6.93. The molecule has 108 valence electrons. The maximum Gasteiger partial charge on any atom is 0.307 e. The number of hydrogen-bond acceptors (Lipinski definition) is 3. The number of thioether (sulfide) groups is 1. The summed E-state index contributed by atoms with van der Waals surface area (Å²) >= 11 is 1.73. The number of carboxylic acid groups (broad SMARTS) is 1. The van der Waals surface area contributed by atoms with Crippen LogP contribution in [-0.2, 0) is 4.79 Å². The van der Waals surface area contributed by atoms with Crippen LogP contribution in [0.3, 0.4) is 0 Å². The number of carbonyl (C=O) groups is 2. The van der Waals surface area contributed by atoms with Gasteiger partial charge in [-0.15, -0.1) is 11.8 Å². The van der Waals surface area contributed by atoms with Gasteiger partial charge in [-0.1, -0.05) is 31.9 Å². The Hall–Kier alpha value is -1.29. The molecule has 1 saturated carbocycles. The van der Waals surface area contributed by atoms with Crippen molar-refractivity contribution in [3.63, 3.8) is 0 Å². The summed E-state index contributed by atoms with van der Waals surface area (Å²) in [6, 6.07) is 7.54. The van der Waals surface area contributed by atoms with Crippen LogP contribution in [0.4, 0.5) is 0 Å². The minimum atomic E-state index is -0.832. The van der Waals surface area contributed by atoms with Crippen molar-refractivity contribution < 1.29 is 14.7 Å². The van der Waals surface area contributed by atoms with Gasteiger partial charge in [-0.05, 0) is 30.7 Å². The Bertz CT molecular complexity index is 481. The summed E-state index contributed by atoms with van der Waals surface area (Å²) in [4.78, 5) is 24.9. The summed E-state index contributed by atoms with van der Waals surface area (Å²) in [7, 11) is 0. The number of carbonyl (C=O) groups excluding carboxylic acids is 1. The van der Waals surface area contributed by atoms with Crippen molar-refractivity contribution in [3.8, 4) is 0 Å². The molecule has 20 heavy (non-hydrogen) atoms. The summed E-state index contributed by atoms with van der Waals surface area (Å²) in [5, 5.41) is 9.26. The van der Waals surface area contributed by atoms with Gasteiger partial charge in [-0.2, -0.15) is 0 Å². The van der Waals surface area contributed by atoms with E-state index in [0.29, 0.717) is 18.4 Å². The molecule has 0 aromatic heterocycles. The molecule has 0 bridgehead atoms. The van der Waals surface area contributed by atoms with Crippen LogP contribution in [0.2, 0.25) is 0 Å². The van der Waals surface area contributed by atoms with E-state index in [0.717, 1.165) is 23.5 Å². The highest BCUT2D eigenvalue weighted by molar-refractivity contribution is 7.99. The van der Waals surface area contributed by atoms with Crippen molar-refractivity contribution in [3.05, 3.63) is 29.8 Å². The lowest BCUT2D eigenvalue weighted by atomic mass is 9.75. The van der Waals surface area contributed by atoms with Crippen molar-refractivity contribution >= 4 is 23.5 Å². The van der Waals surface area contributed by atoms with Crippen LogP contribution in [0.25, 0.3) is 0 Å². The molecule has 0 amide bonds. The number of Topliss-reactive ketones (excluding diaryl/α,β-unsaturated/α-hetero) is 1. The Morgan fingerprint density at radius 2 is 1.75 bits per heavy atom. The highest BCUT2D eigenvalue weighted by Crippen LogP contribution is 2.33. The van der Waals surface area contributed by atoms with E-state index >= 15 is 0 Å². The quantitative estimate of drug-likeness (QED) is 0.661. The van der Waals surface area contributed by atoms with Gasteiger partial charge >= 0.3 is 5.97 Å². The predicted octanol–water partition coefficient (Wildman–Crippen LogP) is 3.87. The van der Waals surface area contributed by atoms with Crippen LogP contribution in [0, 0.1) is 11.8 Å². The first kappa shape index (κ1) is 15.1. The number of ketones is 1. The summed E-state index contributed by atoms with van der Waals surface area (Å²) in [6.07, 6.45) is 3.17. The summed E-state index contributed by atoms with van der Waals surface area (Å²) in [5.74, 6) is -0.713. The first-order chi connectivity index (χ1) is 9.63. The van der Waals surface area contributed by atoms with Gasteiger partial charge in [-0.25, -0.2) is 0 Å². The van der Waals surface area contributed by atoms with Gasteiger partial charge in [0.15, 0.2) is 5.78 Å². The molecular formula is C16H20O3S. The number of hydrogen-bond donors (Lipinski definition) is 1. The highest BCUT2D eigenvalue weighted by Gasteiger charge is 2.35. The lowest BCUT2D eigenvalue weighted by molar-refractivity contribution is -0.144. The van der Waals surface area contributed by atoms with E-state index in [1.165, 1.54) is 0 Å².